The third-order valence-electron chi connectivity index (χ3n) is 3.49. The molecule has 1 heterocycles. The van der Waals surface area contributed by atoms with Gasteiger partial charge in [-0.3, -0.25) is 0 Å². The molecule has 0 radical (unpaired) electrons. The van der Waals surface area contributed by atoms with Gasteiger partial charge in [0.15, 0.2) is 0 Å². The van der Waals surface area contributed by atoms with Crippen molar-refractivity contribution in [2.24, 2.45) is 11.8 Å². The van der Waals surface area contributed by atoms with E-state index in [1.165, 1.54) is 18.9 Å². The maximum atomic E-state index is 10.9. The van der Waals surface area contributed by atoms with E-state index in [0.717, 1.165) is 18.8 Å². The molecule has 1 fully saturated rings. The Bertz CT molecular complexity index is 314. The zero-order valence-electron chi connectivity index (χ0n) is 11.0. The molecule has 0 aliphatic carbocycles. The van der Waals surface area contributed by atoms with Gasteiger partial charge >= 0.3 is 5.97 Å². The van der Waals surface area contributed by atoms with E-state index in [9.17, 15) is 4.79 Å². The van der Waals surface area contributed by atoms with Crippen LogP contribution in [-0.4, -0.2) is 29.1 Å². The first-order valence-electron chi connectivity index (χ1n) is 6.38. The average molecular weight is 237 g/mol. The monoisotopic (exact) mass is 237 g/mol. The van der Waals surface area contributed by atoms with Crippen molar-refractivity contribution in [3.8, 4) is 0 Å². The molecule has 17 heavy (non-hydrogen) atoms. The summed E-state index contributed by atoms with van der Waals surface area (Å²) in [5.41, 5.74) is 0.973. The van der Waals surface area contributed by atoms with Crippen molar-refractivity contribution in [3.63, 3.8) is 0 Å². The number of hydrogen-bond donors (Lipinski definition) is 1. The summed E-state index contributed by atoms with van der Waals surface area (Å²) in [6, 6.07) is 0. The lowest BCUT2D eigenvalue weighted by molar-refractivity contribution is -0.131. The van der Waals surface area contributed by atoms with E-state index in [4.69, 9.17) is 5.11 Å². The van der Waals surface area contributed by atoms with Gasteiger partial charge in [0, 0.05) is 30.8 Å². The first-order valence-corrected chi connectivity index (χ1v) is 6.38. The molecule has 96 valence electrons. The van der Waals surface area contributed by atoms with Gasteiger partial charge in [-0.15, -0.1) is 0 Å². The summed E-state index contributed by atoms with van der Waals surface area (Å²) in [7, 11) is 0. The Labute approximate surface area is 104 Å². The maximum Gasteiger partial charge on any atom is 0.330 e. The van der Waals surface area contributed by atoms with Gasteiger partial charge in [0.2, 0.25) is 0 Å². The van der Waals surface area contributed by atoms with Crippen molar-refractivity contribution in [2.45, 2.75) is 33.6 Å². The summed E-state index contributed by atoms with van der Waals surface area (Å²) < 4.78 is 0. The van der Waals surface area contributed by atoms with E-state index < -0.39 is 5.97 Å². The summed E-state index contributed by atoms with van der Waals surface area (Å²) >= 11 is 0. The Kier molecular flexibility index (Phi) is 5.26. The minimum atomic E-state index is -0.841. The van der Waals surface area contributed by atoms with Gasteiger partial charge in [-0.05, 0) is 25.7 Å². The predicted octanol–water partition coefficient (Wildman–Crippen LogP) is 2.90. The maximum absolute atomic E-state index is 10.9. The van der Waals surface area contributed by atoms with E-state index in [2.05, 4.69) is 24.8 Å². The molecule has 0 aromatic carbocycles. The first kappa shape index (κ1) is 13.8. The molecule has 1 aliphatic heterocycles. The summed E-state index contributed by atoms with van der Waals surface area (Å²) in [5, 5.41) is 8.98. The number of rotatable bonds is 5. The second-order valence-corrected chi connectivity index (χ2v) is 4.78. The Morgan fingerprint density at radius 1 is 1.29 bits per heavy atom. The normalized spacial score (nSPS) is 20.9. The summed E-state index contributed by atoms with van der Waals surface area (Å²) in [4.78, 5) is 13.2. The van der Waals surface area contributed by atoms with Crippen LogP contribution in [0.15, 0.2) is 23.9 Å². The van der Waals surface area contributed by atoms with Crippen molar-refractivity contribution >= 4 is 5.97 Å². The molecule has 0 spiro atoms. The van der Waals surface area contributed by atoms with Crippen LogP contribution >= 0.6 is 0 Å². The molecule has 0 aromatic heterocycles. The number of carboxylic acids is 1. The molecule has 3 nitrogen and oxygen atoms in total. The van der Waals surface area contributed by atoms with Crippen LogP contribution in [0.3, 0.4) is 0 Å². The highest BCUT2D eigenvalue weighted by Gasteiger charge is 2.23. The molecule has 2 unspecified atom stereocenters. The molecule has 1 N–H and O–H groups in total. The fraction of sp³-hybridized carbons (Fsp3) is 0.643. The minimum Gasteiger partial charge on any atom is -0.478 e. The topological polar surface area (TPSA) is 40.5 Å². The van der Waals surface area contributed by atoms with E-state index in [1.54, 1.807) is 0 Å². The van der Waals surface area contributed by atoms with E-state index >= 15 is 0 Å². The van der Waals surface area contributed by atoms with Crippen molar-refractivity contribution < 1.29 is 9.90 Å². The number of carboxylic acid groups (broad SMARTS) is 1. The predicted molar refractivity (Wildman–Crippen MR) is 69.7 cm³/mol. The van der Waals surface area contributed by atoms with Crippen LogP contribution in [0.1, 0.15) is 33.6 Å². The SMILES string of the molecule is CC=CC(C)C(C)C(=CC(=O)O)N1CCCC1. The molecule has 1 saturated heterocycles. The Hall–Kier alpha value is -1.25. The highest BCUT2D eigenvalue weighted by molar-refractivity contribution is 5.80. The van der Waals surface area contributed by atoms with E-state index in [0.29, 0.717) is 5.92 Å². The second kappa shape index (κ2) is 6.48. The molecular weight excluding hydrogens is 214 g/mol. The van der Waals surface area contributed by atoms with Crippen molar-refractivity contribution in [1.82, 2.24) is 4.90 Å². The standard InChI is InChI=1S/C14H23NO2/c1-4-7-11(2)12(3)13(10-14(16)17)15-8-5-6-9-15/h4,7,10-12H,5-6,8-9H2,1-3H3,(H,16,17). The zero-order valence-corrected chi connectivity index (χ0v) is 11.0. The van der Waals surface area contributed by atoms with Gasteiger partial charge in [0.25, 0.3) is 0 Å². The number of hydrogen-bond acceptors (Lipinski definition) is 2. The fourth-order valence-corrected chi connectivity index (χ4v) is 2.35. The molecule has 2 atom stereocenters. The van der Waals surface area contributed by atoms with Gasteiger partial charge in [0.05, 0.1) is 0 Å². The lowest BCUT2D eigenvalue weighted by Gasteiger charge is -2.29. The van der Waals surface area contributed by atoms with Gasteiger partial charge in [0.1, 0.15) is 0 Å². The number of likely N-dealkylation sites (tertiary alicyclic amines) is 1. The minimum absolute atomic E-state index is 0.250. The summed E-state index contributed by atoms with van der Waals surface area (Å²) in [5.74, 6) is -0.224. The smallest absolute Gasteiger partial charge is 0.330 e. The number of allylic oxidation sites excluding steroid dienone is 3. The van der Waals surface area contributed by atoms with Gasteiger partial charge in [-0.25, -0.2) is 4.79 Å². The lowest BCUT2D eigenvalue weighted by Crippen LogP contribution is -2.26. The highest BCUT2D eigenvalue weighted by Crippen LogP contribution is 2.27. The van der Waals surface area contributed by atoms with Gasteiger partial charge < -0.3 is 10.0 Å². The number of carbonyl (C=O) groups is 1. The van der Waals surface area contributed by atoms with Crippen LogP contribution in [0.2, 0.25) is 0 Å². The average Bonchev–Trinajstić information content (AvgIpc) is 2.78. The molecule has 0 aromatic rings. The van der Waals surface area contributed by atoms with Crippen LogP contribution in [0.4, 0.5) is 0 Å². The fourth-order valence-electron chi connectivity index (χ4n) is 2.35. The molecule has 0 bridgehead atoms. The van der Waals surface area contributed by atoms with E-state index in [1.807, 2.05) is 13.0 Å². The van der Waals surface area contributed by atoms with Crippen LogP contribution < -0.4 is 0 Å². The Balaban J connectivity index is 2.85. The molecule has 3 heteroatoms. The van der Waals surface area contributed by atoms with Crippen LogP contribution in [0.5, 0.6) is 0 Å². The third-order valence-corrected chi connectivity index (χ3v) is 3.49. The number of nitrogens with zero attached hydrogens (tertiary/aromatic N) is 1. The summed E-state index contributed by atoms with van der Waals surface area (Å²) in [6.07, 6.45) is 7.89. The van der Waals surface area contributed by atoms with Crippen molar-refractivity contribution in [1.29, 1.82) is 0 Å². The van der Waals surface area contributed by atoms with Gasteiger partial charge in [-0.1, -0.05) is 26.0 Å². The van der Waals surface area contributed by atoms with Crippen molar-refractivity contribution in [2.75, 3.05) is 13.1 Å². The Morgan fingerprint density at radius 2 is 1.88 bits per heavy atom. The van der Waals surface area contributed by atoms with Gasteiger partial charge in [-0.2, -0.15) is 0 Å². The van der Waals surface area contributed by atoms with Crippen molar-refractivity contribution in [3.05, 3.63) is 23.9 Å². The molecular formula is C14H23NO2. The van der Waals surface area contributed by atoms with Crippen LogP contribution in [-0.2, 0) is 4.79 Å². The zero-order chi connectivity index (χ0) is 12.8. The van der Waals surface area contributed by atoms with Crippen LogP contribution in [0.25, 0.3) is 0 Å². The molecule has 1 aliphatic rings. The largest absolute Gasteiger partial charge is 0.478 e. The first-order chi connectivity index (χ1) is 8.06. The highest BCUT2D eigenvalue weighted by atomic mass is 16.4. The third kappa shape index (κ3) is 3.91. The quantitative estimate of drug-likeness (QED) is 0.590. The molecule has 1 rings (SSSR count). The van der Waals surface area contributed by atoms with E-state index in [-0.39, 0.29) is 5.92 Å². The van der Waals surface area contributed by atoms with Crippen LogP contribution in [0, 0.1) is 11.8 Å². The molecule has 0 saturated carbocycles. The Morgan fingerprint density at radius 3 is 2.35 bits per heavy atom. The number of aliphatic carboxylic acids is 1. The molecule has 0 amide bonds. The lowest BCUT2D eigenvalue weighted by atomic mass is 9.91. The second-order valence-electron chi connectivity index (χ2n) is 4.78. The summed E-state index contributed by atoms with van der Waals surface area (Å²) in [6.45, 7) is 8.23.